The number of nitrogens with one attached hydrogen (secondary N) is 2. The molecule has 6 nitrogen and oxygen atoms in total. The summed E-state index contributed by atoms with van der Waals surface area (Å²) in [7, 11) is 0. The molecule has 1 amide bonds. The van der Waals surface area contributed by atoms with Gasteiger partial charge >= 0.3 is 0 Å². The fourth-order valence-electron chi connectivity index (χ4n) is 2.55. The molecule has 0 fully saturated rings. The molecule has 0 saturated heterocycles. The van der Waals surface area contributed by atoms with E-state index in [1.54, 1.807) is 0 Å². The van der Waals surface area contributed by atoms with E-state index in [-0.39, 0.29) is 22.5 Å². The molecular formula is C17H22N4O2S. The van der Waals surface area contributed by atoms with Gasteiger partial charge in [0.05, 0.1) is 5.25 Å². The first-order valence-corrected chi connectivity index (χ1v) is 8.60. The Balaban J connectivity index is 2.19. The maximum Gasteiger partial charge on any atom is 0.253 e. The van der Waals surface area contributed by atoms with E-state index in [9.17, 15) is 9.59 Å². The van der Waals surface area contributed by atoms with E-state index in [1.165, 1.54) is 17.8 Å². The lowest BCUT2D eigenvalue weighted by Crippen LogP contribution is -2.26. The third kappa shape index (κ3) is 4.38. The average Bonchev–Trinajstić information content (AvgIpc) is 2.47. The van der Waals surface area contributed by atoms with Gasteiger partial charge in [-0.1, -0.05) is 36.4 Å². The van der Waals surface area contributed by atoms with Crippen LogP contribution >= 0.6 is 11.8 Å². The molecule has 1 atom stereocenters. The van der Waals surface area contributed by atoms with Crippen LogP contribution in [0.15, 0.2) is 28.2 Å². The predicted octanol–water partition coefficient (Wildman–Crippen LogP) is 2.79. The zero-order valence-corrected chi connectivity index (χ0v) is 15.1. The molecular weight excluding hydrogens is 324 g/mol. The van der Waals surface area contributed by atoms with Crippen molar-refractivity contribution in [1.82, 2.24) is 9.97 Å². The molecule has 2 rings (SSSR count). The summed E-state index contributed by atoms with van der Waals surface area (Å²) in [6.45, 7) is 7.88. The highest BCUT2D eigenvalue weighted by molar-refractivity contribution is 8.00. The number of nitrogens with two attached hydrogens (primary N) is 1. The summed E-state index contributed by atoms with van der Waals surface area (Å²) in [6, 6.07) is 5.28. The normalized spacial score (nSPS) is 12.0. The van der Waals surface area contributed by atoms with Crippen molar-refractivity contribution in [2.75, 3.05) is 11.1 Å². The Morgan fingerprint density at radius 1 is 1.29 bits per heavy atom. The Morgan fingerprint density at radius 3 is 2.46 bits per heavy atom. The van der Waals surface area contributed by atoms with Gasteiger partial charge in [-0.3, -0.25) is 9.59 Å². The van der Waals surface area contributed by atoms with Crippen LogP contribution in [0.2, 0.25) is 0 Å². The zero-order chi connectivity index (χ0) is 17.9. The molecule has 0 aliphatic heterocycles. The van der Waals surface area contributed by atoms with E-state index >= 15 is 0 Å². The maximum absolute atomic E-state index is 12.6. The van der Waals surface area contributed by atoms with E-state index in [1.807, 2.05) is 39.8 Å². The molecule has 24 heavy (non-hydrogen) atoms. The van der Waals surface area contributed by atoms with Crippen LogP contribution < -0.4 is 16.6 Å². The summed E-state index contributed by atoms with van der Waals surface area (Å²) in [5.74, 6) is 0.0179. The van der Waals surface area contributed by atoms with Crippen LogP contribution in [0.3, 0.4) is 0 Å². The average molecular weight is 346 g/mol. The van der Waals surface area contributed by atoms with Crippen LogP contribution in [0.5, 0.6) is 0 Å². The van der Waals surface area contributed by atoms with Gasteiger partial charge in [-0.25, -0.2) is 4.98 Å². The number of hydrogen-bond acceptors (Lipinski definition) is 5. The SMILES string of the molecule is CCC(Sc1nc(N)cc(=O)[nH]1)C(=O)Nc1c(C)cc(C)cc1C. The number of carbonyl (C=O) groups excluding carboxylic acids is 1. The van der Waals surface area contributed by atoms with E-state index in [0.717, 1.165) is 22.4 Å². The third-order valence-corrected chi connectivity index (χ3v) is 4.83. The van der Waals surface area contributed by atoms with E-state index in [2.05, 4.69) is 15.3 Å². The minimum atomic E-state index is -0.380. The van der Waals surface area contributed by atoms with Crippen LogP contribution in [-0.4, -0.2) is 21.1 Å². The lowest BCUT2D eigenvalue weighted by molar-refractivity contribution is -0.115. The van der Waals surface area contributed by atoms with Crippen LogP contribution in [0, 0.1) is 20.8 Å². The smallest absolute Gasteiger partial charge is 0.253 e. The summed E-state index contributed by atoms with van der Waals surface area (Å²) in [6.07, 6.45) is 0.596. The molecule has 4 N–H and O–H groups in total. The largest absolute Gasteiger partial charge is 0.383 e. The molecule has 2 aromatic rings. The van der Waals surface area contributed by atoms with E-state index in [0.29, 0.717) is 11.6 Å². The van der Waals surface area contributed by atoms with Crippen molar-refractivity contribution in [1.29, 1.82) is 0 Å². The van der Waals surface area contributed by atoms with Gasteiger partial charge < -0.3 is 16.0 Å². The van der Waals surface area contributed by atoms with Gasteiger partial charge in [0.25, 0.3) is 5.56 Å². The van der Waals surface area contributed by atoms with Gasteiger partial charge in [-0.2, -0.15) is 0 Å². The van der Waals surface area contributed by atoms with Crippen molar-refractivity contribution >= 4 is 29.2 Å². The second-order valence-electron chi connectivity index (χ2n) is 5.75. The monoisotopic (exact) mass is 346 g/mol. The molecule has 0 saturated carbocycles. The topological polar surface area (TPSA) is 101 Å². The Kier molecular flexibility index (Phi) is 5.66. The first-order chi connectivity index (χ1) is 11.3. The second kappa shape index (κ2) is 7.53. The Morgan fingerprint density at radius 2 is 1.92 bits per heavy atom. The molecule has 1 heterocycles. The Labute approximate surface area is 145 Å². The fourth-order valence-corrected chi connectivity index (χ4v) is 3.47. The van der Waals surface area contributed by atoms with Crippen LogP contribution in [0.4, 0.5) is 11.5 Å². The van der Waals surface area contributed by atoms with Crippen molar-refractivity contribution in [2.45, 2.75) is 44.5 Å². The van der Waals surface area contributed by atoms with Gasteiger partial charge in [-0.05, 0) is 38.3 Å². The minimum Gasteiger partial charge on any atom is -0.383 e. The van der Waals surface area contributed by atoms with Gasteiger partial charge in [0, 0.05) is 11.8 Å². The number of nitrogen functional groups attached to an aromatic ring is 1. The quantitative estimate of drug-likeness (QED) is 0.571. The highest BCUT2D eigenvalue weighted by Crippen LogP contribution is 2.26. The Bertz CT molecular complexity index is 793. The number of H-pyrrole nitrogens is 1. The molecule has 0 aliphatic rings. The fraction of sp³-hybridized carbons (Fsp3) is 0.353. The van der Waals surface area contributed by atoms with Crippen molar-refractivity contribution < 1.29 is 4.79 Å². The van der Waals surface area contributed by atoms with Gasteiger partial charge in [0.15, 0.2) is 5.16 Å². The van der Waals surface area contributed by atoms with Gasteiger partial charge in [0.1, 0.15) is 5.82 Å². The number of thioether (sulfide) groups is 1. The number of carbonyl (C=O) groups is 1. The predicted molar refractivity (Wildman–Crippen MR) is 98.5 cm³/mol. The number of anilines is 2. The highest BCUT2D eigenvalue weighted by atomic mass is 32.2. The maximum atomic E-state index is 12.6. The minimum absolute atomic E-state index is 0.123. The molecule has 0 aliphatic carbocycles. The summed E-state index contributed by atoms with van der Waals surface area (Å²) >= 11 is 1.20. The molecule has 0 bridgehead atoms. The number of aryl methyl sites for hydroxylation is 3. The molecule has 128 valence electrons. The first kappa shape index (κ1) is 18.1. The van der Waals surface area contributed by atoms with Gasteiger partial charge in [0.2, 0.25) is 5.91 Å². The van der Waals surface area contributed by atoms with E-state index in [4.69, 9.17) is 5.73 Å². The number of benzene rings is 1. The number of aromatic amines is 1. The summed E-state index contributed by atoms with van der Waals surface area (Å²) in [5.41, 5.74) is 9.30. The number of amides is 1. The summed E-state index contributed by atoms with van der Waals surface area (Å²) < 4.78 is 0. The lowest BCUT2D eigenvalue weighted by atomic mass is 10.0. The number of nitrogens with zero attached hydrogens (tertiary/aromatic N) is 1. The molecule has 0 spiro atoms. The molecule has 1 aromatic heterocycles. The first-order valence-electron chi connectivity index (χ1n) is 7.72. The van der Waals surface area contributed by atoms with Crippen molar-refractivity contribution in [3.8, 4) is 0 Å². The third-order valence-electron chi connectivity index (χ3n) is 3.58. The van der Waals surface area contributed by atoms with Crippen LogP contribution in [0.1, 0.15) is 30.0 Å². The molecule has 1 unspecified atom stereocenters. The van der Waals surface area contributed by atoms with Crippen molar-refractivity contribution in [2.24, 2.45) is 0 Å². The van der Waals surface area contributed by atoms with Crippen LogP contribution in [-0.2, 0) is 4.79 Å². The molecule has 0 radical (unpaired) electrons. The van der Waals surface area contributed by atoms with Crippen molar-refractivity contribution in [3.05, 3.63) is 45.2 Å². The highest BCUT2D eigenvalue weighted by Gasteiger charge is 2.21. The zero-order valence-electron chi connectivity index (χ0n) is 14.3. The van der Waals surface area contributed by atoms with Crippen molar-refractivity contribution in [3.63, 3.8) is 0 Å². The number of aromatic nitrogens is 2. The van der Waals surface area contributed by atoms with Crippen LogP contribution in [0.25, 0.3) is 0 Å². The van der Waals surface area contributed by atoms with E-state index < -0.39 is 0 Å². The number of hydrogen-bond donors (Lipinski definition) is 3. The molecule has 7 heteroatoms. The Hall–Kier alpha value is -2.28. The van der Waals surface area contributed by atoms with Gasteiger partial charge in [-0.15, -0.1) is 0 Å². The summed E-state index contributed by atoms with van der Waals surface area (Å²) in [5, 5.41) is 2.96. The summed E-state index contributed by atoms with van der Waals surface area (Å²) in [4.78, 5) is 30.8. The second-order valence-corrected chi connectivity index (χ2v) is 6.94. The lowest BCUT2D eigenvalue weighted by Gasteiger charge is -2.17. The number of rotatable bonds is 5. The molecule has 1 aromatic carbocycles. The standard InChI is InChI=1S/C17H22N4O2S/c1-5-12(24-17-19-13(18)8-14(22)20-17)16(23)21-15-10(3)6-9(2)7-11(15)4/h6-8,12H,5H2,1-4H3,(H,21,23)(H3,18,19,20,22).